The number of rotatable bonds is 6. The van der Waals surface area contributed by atoms with Gasteiger partial charge in [-0.1, -0.05) is 42.5 Å². The van der Waals surface area contributed by atoms with Gasteiger partial charge in [0.1, 0.15) is 17.9 Å². The van der Waals surface area contributed by atoms with E-state index in [0.29, 0.717) is 17.0 Å². The third kappa shape index (κ3) is 3.61. The molecule has 0 aliphatic carbocycles. The van der Waals surface area contributed by atoms with Gasteiger partial charge in [0, 0.05) is 17.1 Å². The highest BCUT2D eigenvalue weighted by Crippen LogP contribution is 2.28. The van der Waals surface area contributed by atoms with Gasteiger partial charge in [0.15, 0.2) is 17.2 Å². The van der Waals surface area contributed by atoms with Gasteiger partial charge in [-0.25, -0.2) is 0 Å². The van der Waals surface area contributed by atoms with Crippen LogP contribution in [0.25, 0.3) is 16.6 Å². The lowest BCUT2D eigenvalue weighted by Gasteiger charge is -2.12. The first-order chi connectivity index (χ1) is 15.2. The Morgan fingerprint density at radius 2 is 1.81 bits per heavy atom. The molecule has 0 saturated heterocycles. The number of benzene rings is 2. The van der Waals surface area contributed by atoms with Gasteiger partial charge < -0.3 is 14.5 Å². The molecule has 5 aromatic rings. The third-order valence-corrected chi connectivity index (χ3v) is 5.11. The zero-order valence-corrected chi connectivity index (χ0v) is 16.9. The van der Waals surface area contributed by atoms with E-state index in [-0.39, 0.29) is 24.3 Å². The highest BCUT2D eigenvalue weighted by Gasteiger charge is 2.24. The number of nitrogens with one attached hydrogen (secondary N) is 1. The molecule has 5 rings (SSSR count). The Morgan fingerprint density at radius 1 is 1.03 bits per heavy atom. The summed E-state index contributed by atoms with van der Waals surface area (Å²) in [6.45, 7) is 2.08. The van der Waals surface area contributed by atoms with Crippen molar-refractivity contribution in [1.29, 1.82) is 0 Å². The van der Waals surface area contributed by atoms with Gasteiger partial charge in [-0.3, -0.25) is 9.20 Å². The first kappa shape index (κ1) is 18.9. The predicted octanol–water partition coefficient (Wildman–Crippen LogP) is 4.55. The van der Waals surface area contributed by atoms with Crippen molar-refractivity contribution in [2.75, 3.05) is 0 Å². The number of hydrogen-bond donors (Lipinski definition) is 1. The molecule has 0 radical (unpaired) electrons. The molecular weight excluding hydrogens is 392 g/mol. The van der Waals surface area contributed by atoms with Crippen LogP contribution in [0.4, 0.5) is 0 Å². The summed E-state index contributed by atoms with van der Waals surface area (Å²) in [5.74, 6) is 1.27. The largest absolute Gasteiger partial charge is 0.489 e. The van der Waals surface area contributed by atoms with Crippen molar-refractivity contribution >= 4 is 22.5 Å². The van der Waals surface area contributed by atoms with Crippen molar-refractivity contribution in [2.24, 2.45) is 0 Å². The first-order valence-electron chi connectivity index (χ1n) is 9.99. The summed E-state index contributed by atoms with van der Waals surface area (Å²) in [4.78, 5) is 13.2. The molecule has 0 bridgehead atoms. The molecule has 7 nitrogen and oxygen atoms in total. The van der Waals surface area contributed by atoms with Gasteiger partial charge >= 0.3 is 0 Å². The minimum atomic E-state index is -0.374. The molecule has 3 aromatic heterocycles. The number of aromatic nitrogens is 3. The summed E-state index contributed by atoms with van der Waals surface area (Å²) in [5, 5.41) is 12.2. The Labute approximate surface area is 178 Å². The van der Waals surface area contributed by atoms with Crippen LogP contribution < -0.4 is 10.1 Å². The minimum absolute atomic E-state index is 0.214. The van der Waals surface area contributed by atoms with Crippen LogP contribution in [-0.4, -0.2) is 20.5 Å². The number of carbonyl (C=O) groups is 1. The molecule has 1 atom stereocenters. The molecule has 3 heterocycles. The van der Waals surface area contributed by atoms with E-state index in [0.717, 1.165) is 16.8 Å². The second-order valence-electron chi connectivity index (χ2n) is 7.19. The van der Waals surface area contributed by atoms with E-state index in [1.165, 1.54) is 0 Å². The number of nitrogens with zero attached hydrogens (tertiary/aromatic N) is 3. The minimum Gasteiger partial charge on any atom is -0.489 e. The average molecular weight is 412 g/mol. The lowest BCUT2D eigenvalue weighted by atomic mass is 10.1. The smallest absolute Gasteiger partial charge is 0.288 e. The van der Waals surface area contributed by atoms with Crippen LogP contribution in [0.15, 0.2) is 83.4 Å². The van der Waals surface area contributed by atoms with Crippen LogP contribution in [0.5, 0.6) is 5.75 Å². The summed E-state index contributed by atoms with van der Waals surface area (Å²) >= 11 is 0. The lowest BCUT2D eigenvalue weighted by molar-refractivity contribution is 0.0908. The normalized spacial score (nSPS) is 12.2. The number of fused-ring (bicyclic) bond motifs is 2. The second-order valence-corrected chi connectivity index (χ2v) is 7.19. The van der Waals surface area contributed by atoms with Crippen LogP contribution >= 0.6 is 0 Å². The number of furan rings is 1. The van der Waals surface area contributed by atoms with E-state index in [2.05, 4.69) is 15.5 Å². The number of ether oxygens (including phenoxy) is 1. The summed E-state index contributed by atoms with van der Waals surface area (Å²) in [6.07, 6.45) is 1.87. The first-order valence-corrected chi connectivity index (χ1v) is 9.99. The Bertz CT molecular complexity index is 1360. The van der Waals surface area contributed by atoms with E-state index >= 15 is 0 Å². The van der Waals surface area contributed by atoms with Gasteiger partial charge in [-0.05, 0) is 37.3 Å². The number of amides is 1. The molecule has 1 amide bonds. The number of para-hydroxylation sites is 2. The molecule has 0 fully saturated rings. The van der Waals surface area contributed by atoms with Crippen molar-refractivity contribution in [3.8, 4) is 5.75 Å². The van der Waals surface area contributed by atoms with Crippen LogP contribution in [0.3, 0.4) is 0 Å². The van der Waals surface area contributed by atoms with E-state index in [9.17, 15) is 4.79 Å². The van der Waals surface area contributed by atoms with Crippen LogP contribution in [0.1, 0.15) is 34.9 Å². The highest BCUT2D eigenvalue weighted by molar-refractivity contribution is 5.99. The van der Waals surface area contributed by atoms with Gasteiger partial charge in [-0.15, -0.1) is 10.2 Å². The van der Waals surface area contributed by atoms with Crippen molar-refractivity contribution in [3.63, 3.8) is 0 Å². The standard InChI is InChI=1S/C24H20N4O3/c1-16(23-27-26-21-13-7-8-14-28(21)23)25-24(29)22-19(15-30-17-9-3-2-4-10-17)18-11-5-6-12-20(18)31-22/h2-14,16H,15H2,1H3,(H,25,29). The Hall–Kier alpha value is -4.13. The molecule has 2 aromatic carbocycles. The Balaban J connectivity index is 1.44. The molecule has 1 unspecified atom stereocenters. The van der Waals surface area contributed by atoms with Crippen molar-refractivity contribution in [1.82, 2.24) is 19.9 Å². The molecule has 7 heteroatoms. The molecule has 1 N–H and O–H groups in total. The van der Waals surface area contributed by atoms with Crippen LogP contribution in [0, 0.1) is 0 Å². The zero-order valence-electron chi connectivity index (χ0n) is 16.9. The molecule has 31 heavy (non-hydrogen) atoms. The SMILES string of the molecule is CC(NC(=O)c1oc2ccccc2c1COc1ccccc1)c1nnc2ccccn12. The molecule has 0 spiro atoms. The molecular formula is C24H20N4O3. The number of carbonyl (C=O) groups excluding carboxylic acids is 1. The van der Waals surface area contributed by atoms with E-state index in [4.69, 9.17) is 9.15 Å². The molecule has 0 aliphatic rings. The Morgan fingerprint density at radius 3 is 2.68 bits per heavy atom. The molecule has 154 valence electrons. The summed E-state index contributed by atoms with van der Waals surface area (Å²) in [6, 6.07) is 22.3. The quantitative estimate of drug-likeness (QED) is 0.443. The third-order valence-electron chi connectivity index (χ3n) is 5.11. The maximum absolute atomic E-state index is 13.2. The highest BCUT2D eigenvalue weighted by atomic mass is 16.5. The van der Waals surface area contributed by atoms with E-state index in [1.807, 2.05) is 90.3 Å². The van der Waals surface area contributed by atoms with Crippen LogP contribution in [0.2, 0.25) is 0 Å². The van der Waals surface area contributed by atoms with Gasteiger partial charge in [-0.2, -0.15) is 0 Å². The van der Waals surface area contributed by atoms with E-state index < -0.39 is 0 Å². The van der Waals surface area contributed by atoms with Gasteiger partial charge in [0.2, 0.25) is 0 Å². The number of pyridine rings is 1. The predicted molar refractivity (Wildman–Crippen MR) is 116 cm³/mol. The second kappa shape index (κ2) is 7.95. The maximum Gasteiger partial charge on any atom is 0.288 e. The topological polar surface area (TPSA) is 81.7 Å². The average Bonchev–Trinajstić information content (AvgIpc) is 3.40. The maximum atomic E-state index is 13.2. The summed E-state index contributed by atoms with van der Waals surface area (Å²) in [7, 11) is 0. The zero-order chi connectivity index (χ0) is 21.2. The van der Waals surface area contributed by atoms with Crippen molar-refractivity contribution < 1.29 is 13.9 Å². The van der Waals surface area contributed by atoms with Crippen molar-refractivity contribution in [2.45, 2.75) is 19.6 Å². The van der Waals surface area contributed by atoms with E-state index in [1.54, 1.807) is 0 Å². The van der Waals surface area contributed by atoms with Gasteiger partial charge in [0.05, 0.1) is 6.04 Å². The van der Waals surface area contributed by atoms with Crippen LogP contribution in [-0.2, 0) is 6.61 Å². The monoisotopic (exact) mass is 412 g/mol. The van der Waals surface area contributed by atoms with Crippen molar-refractivity contribution in [3.05, 3.63) is 96.1 Å². The fourth-order valence-corrected chi connectivity index (χ4v) is 3.58. The summed E-state index contributed by atoms with van der Waals surface area (Å²) < 4.78 is 13.7. The van der Waals surface area contributed by atoms with Gasteiger partial charge in [0.25, 0.3) is 5.91 Å². The number of hydrogen-bond acceptors (Lipinski definition) is 5. The fourth-order valence-electron chi connectivity index (χ4n) is 3.58. The Kier molecular flexibility index (Phi) is 4.84. The molecule has 0 saturated carbocycles. The fraction of sp³-hybridized carbons (Fsp3) is 0.125. The molecule has 0 aliphatic heterocycles. The lowest BCUT2D eigenvalue weighted by Crippen LogP contribution is -2.28. The summed E-state index contributed by atoms with van der Waals surface area (Å²) in [5.41, 5.74) is 2.06.